The van der Waals surface area contributed by atoms with E-state index in [1.165, 1.54) is 10.7 Å². The van der Waals surface area contributed by atoms with E-state index >= 15 is 0 Å². The van der Waals surface area contributed by atoms with Crippen molar-refractivity contribution in [2.75, 3.05) is 5.75 Å². The minimum absolute atomic E-state index is 0.457. The average Bonchev–Trinajstić information content (AvgIpc) is 2.05. The van der Waals surface area contributed by atoms with Crippen molar-refractivity contribution >= 4 is 11.8 Å². The highest BCUT2D eigenvalue weighted by atomic mass is 32.2. The van der Waals surface area contributed by atoms with E-state index in [0.29, 0.717) is 6.10 Å². The molecule has 1 unspecified atom stereocenters. The smallest absolute Gasteiger partial charge is 0.107 e. The molecule has 1 heterocycles. The predicted octanol–water partition coefficient (Wildman–Crippen LogP) is 3.17. The first-order valence-corrected chi connectivity index (χ1v) is 5.25. The summed E-state index contributed by atoms with van der Waals surface area (Å²) in [6.45, 7) is 6.48. The van der Waals surface area contributed by atoms with Crippen LogP contribution in [-0.2, 0) is 4.74 Å². The summed E-state index contributed by atoms with van der Waals surface area (Å²) < 4.78 is 5.76. The van der Waals surface area contributed by atoms with Crippen LogP contribution in [0.25, 0.3) is 0 Å². The molecular weight excluding hydrogens is 156 g/mol. The second kappa shape index (κ2) is 4.05. The maximum atomic E-state index is 5.76. The fourth-order valence-electron chi connectivity index (χ4n) is 1.15. The molecule has 1 atom stereocenters. The molecule has 0 N–H and O–H groups in total. The van der Waals surface area contributed by atoms with E-state index in [1.807, 2.05) is 11.8 Å². The SMILES string of the molecule is CCC1=C(C)SCC(CC)O1. The molecule has 0 radical (unpaired) electrons. The molecule has 1 aliphatic heterocycles. The number of hydrogen-bond acceptors (Lipinski definition) is 2. The molecule has 1 aliphatic rings. The van der Waals surface area contributed by atoms with E-state index in [4.69, 9.17) is 4.74 Å². The quantitative estimate of drug-likeness (QED) is 0.632. The van der Waals surface area contributed by atoms with Crippen LogP contribution >= 0.6 is 11.8 Å². The zero-order chi connectivity index (χ0) is 8.27. The van der Waals surface area contributed by atoms with Gasteiger partial charge in [-0.25, -0.2) is 0 Å². The Morgan fingerprint density at radius 2 is 2.27 bits per heavy atom. The molecule has 0 aromatic rings. The Bertz CT molecular complexity index is 163. The summed E-state index contributed by atoms with van der Waals surface area (Å²) in [5.74, 6) is 2.33. The second-order valence-corrected chi connectivity index (χ2v) is 4.03. The zero-order valence-corrected chi connectivity index (χ0v) is 8.33. The fourth-order valence-corrected chi connectivity index (χ4v) is 2.24. The molecule has 64 valence electrons. The van der Waals surface area contributed by atoms with E-state index in [0.717, 1.165) is 18.6 Å². The van der Waals surface area contributed by atoms with Gasteiger partial charge in [-0.3, -0.25) is 0 Å². The lowest BCUT2D eigenvalue weighted by Crippen LogP contribution is -2.18. The van der Waals surface area contributed by atoms with Gasteiger partial charge in [0.25, 0.3) is 0 Å². The zero-order valence-electron chi connectivity index (χ0n) is 7.52. The molecule has 0 aromatic heterocycles. The molecule has 0 aromatic carbocycles. The van der Waals surface area contributed by atoms with E-state index in [-0.39, 0.29) is 0 Å². The summed E-state index contributed by atoms with van der Waals surface area (Å²) in [6, 6.07) is 0. The molecule has 0 fully saturated rings. The molecule has 0 amide bonds. The molecular formula is C9H16OS. The van der Waals surface area contributed by atoms with Gasteiger partial charge in [0.05, 0.1) is 0 Å². The van der Waals surface area contributed by atoms with Crippen LogP contribution in [0.15, 0.2) is 10.7 Å². The van der Waals surface area contributed by atoms with Crippen molar-refractivity contribution in [3.63, 3.8) is 0 Å². The summed E-state index contributed by atoms with van der Waals surface area (Å²) in [5, 5.41) is 0. The maximum absolute atomic E-state index is 5.76. The molecule has 1 nitrogen and oxygen atoms in total. The molecule has 0 bridgehead atoms. The van der Waals surface area contributed by atoms with Crippen molar-refractivity contribution in [2.45, 2.75) is 39.7 Å². The molecule has 11 heavy (non-hydrogen) atoms. The first kappa shape index (κ1) is 8.98. The molecule has 1 rings (SSSR count). The number of thioether (sulfide) groups is 1. The number of rotatable bonds is 2. The number of hydrogen-bond donors (Lipinski definition) is 0. The summed E-state index contributed by atoms with van der Waals surface area (Å²) in [7, 11) is 0. The van der Waals surface area contributed by atoms with Crippen molar-refractivity contribution in [3.8, 4) is 0 Å². The van der Waals surface area contributed by atoms with Gasteiger partial charge in [0.15, 0.2) is 0 Å². The van der Waals surface area contributed by atoms with E-state index in [9.17, 15) is 0 Å². The van der Waals surface area contributed by atoms with Crippen LogP contribution in [0.5, 0.6) is 0 Å². The summed E-state index contributed by atoms with van der Waals surface area (Å²) in [4.78, 5) is 1.37. The first-order chi connectivity index (χ1) is 5.27. The van der Waals surface area contributed by atoms with Gasteiger partial charge in [-0.1, -0.05) is 13.8 Å². The Kier molecular flexibility index (Phi) is 3.31. The summed E-state index contributed by atoms with van der Waals surface area (Å²) in [6.07, 6.45) is 2.62. The van der Waals surface area contributed by atoms with Gasteiger partial charge in [0.1, 0.15) is 11.9 Å². The summed E-state index contributed by atoms with van der Waals surface area (Å²) in [5.41, 5.74) is 0. The number of allylic oxidation sites excluding steroid dienone is 2. The topological polar surface area (TPSA) is 9.23 Å². The Balaban J connectivity index is 2.58. The van der Waals surface area contributed by atoms with Crippen molar-refractivity contribution in [1.82, 2.24) is 0 Å². The predicted molar refractivity (Wildman–Crippen MR) is 50.6 cm³/mol. The van der Waals surface area contributed by atoms with Crippen molar-refractivity contribution in [3.05, 3.63) is 10.7 Å². The standard InChI is InChI=1S/C9H16OS/c1-4-8-6-11-7(3)9(5-2)10-8/h8H,4-6H2,1-3H3. The third-order valence-corrected chi connectivity index (χ3v) is 3.16. The molecule has 0 saturated carbocycles. The monoisotopic (exact) mass is 172 g/mol. The highest BCUT2D eigenvalue weighted by Crippen LogP contribution is 2.30. The average molecular weight is 172 g/mol. The van der Waals surface area contributed by atoms with Crippen LogP contribution in [0.1, 0.15) is 33.6 Å². The lowest BCUT2D eigenvalue weighted by atomic mass is 10.3. The fraction of sp³-hybridized carbons (Fsp3) is 0.778. The van der Waals surface area contributed by atoms with Crippen LogP contribution in [0.2, 0.25) is 0 Å². The van der Waals surface area contributed by atoms with Gasteiger partial charge in [-0.2, -0.15) is 0 Å². The maximum Gasteiger partial charge on any atom is 0.107 e. The lowest BCUT2D eigenvalue weighted by molar-refractivity contribution is 0.122. The van der Waals surface area contributed by atoms with Gasteiger partial charge in [-0.05, 0) is 13.3 Å². The highest BCUT2D eigenvalue weighted by molar-refractivity contribution is 8.03. The van der Waals surface area contributed by atoms with Crippen molar-refractivity contribution < 1.29 is 4.74 Å². The van der Waals surface area contributed by atoms with Crippen LogP contribution in [0, 0.1) is 0 Å². The van der Waals surface area contributed by atoms with Crippen LogP contribution in [-0.4, -0.2) is 11.9 Å². The van der Waals surface area contributed by atoms with E-state index in [1.54, 1.807) is 0 Å². The third-order valence-electron chi connectivity index (χ3n) is 1.96. The molecule has 0 saturated heterocycles. The molecule has 2 heteroatoms. The van der Waals surface area contributed by atoms with Crippen molar-refractivity contribution in [2.24, 2.45) is 0 Å². The van der Waals surface area contributed by atoms with E-state index < -0.39 is 0 Å². The molecule has 0 aliphatic carbocycles. The largest absolute Gasteiger partial charge is 0.493 e. The molecule has 0 spiro atoms. The van der Waals surface area contributed by atoms with Crippen LogP contribution < -0.4 is 0 Å². The first-order valence-electron chi connectivity index (χ1n) is 4.27. The minimum atomic E-state index is 0.457. The van der Waals surface area contributed by atoms with Crippen molar-refractivity contribution in [1.29, 1.82) is 0 Å². The van der Waals surface area contributed by atoms with Crippen LogP contribution in [0.4, 0.5) is 0 Å². The lowest BCUT2D eigenvalue weighted by Gasteiger charge is -2.25. The normalized spacial score (nSPS) is 25.2. The summed E-state index contributed by atoms with van der Waals surface area (Å²) >= 11 is 1.94. The Morgan fingerprint density at radius 3 is 2.82 bits per heavy atom. The Hall–Kier alpha value is -0.110. The van der Waals surface area contributed by atoms with Gasteiger partial charge >= 0.3 is 0 Å². The highest BCUT2D eigenvalue weighted by Gasteiger charge is 2.17. The Morgan fingerprint density at radius 1 is 1.55 bits per heavy atom. The van der Waals surface area contributed by atoms with Gasteiger partial charge in [-0.15, -0.1) is 11.8 Å². The minimum Gasteiger partial charge on any atom is -0.493 e. The van der Waals surface area contributed by atoms with E-state index in [2.05, 4.69) is 20.8 Å². The van der Waals surface area contributed by atoms with Gasteiger partial charge in [0.2, 0.25) is 0 Å². The number of ether oxygens (including phenoxy) is 1. The van der Waals surface area contributed by atoms with Gasteiger partial charge < -0.3 is 4.74 Å². The van der Waals surface area contributed by atoms with Gasteiger partial charge in [0, 0.05) is 17.1 Å². The third kappa shape index (κ3) is 2.16. The Labute approximate surface area is 73.2 Å². The van der Waals surface area contributed by atoms with Crippen LogP contribution in [0.3, 0.4) is 0 Å². The second-order valence-electron chi connectivity index (χ2n) is 2.79.